The van der Waals surface area contributed by atoms with E-state index in [1.807, 2.05) is 0 Å². The molecule has 1 fully saturated rings. The fraction of sp³-hybridized carbons (Fsp3) is 0.636. The molecule has 3 N–H and O–H groups in total. The van der Waals surface area contributed by atoms with Gasteiger partial charge in [0.05, 0.1) is 12.6 Å². The standard InChI is InChI=1S/C11H16F3N5O/c12-11(13,14)9-1-5-19(18-9)6-4-17-10(20)8-7-15-2-3-16-8/h1,5,8,15-16H,2-4,6-7H2,(H,17,20). The molecule has 1 aromatic rings. The molecule has 6 nitrogen and oxygen atoms in total. The third-order valence-electron chi connectivity index (χ3n) is 2.93. The molecule has 20 heavy (non-hydrogen) atoms. The van der Waals surface area contributed by atoms with E-state index in [4.69, 9.17) is 0 Å². The number of aromatic nitrogens is 2. The van der Waals surface area contributed by atoms with Crippen molar-refractivity contribution < 1.29 is 18.0 Å². The van der Waals surface area contributed by atoms with Crippen LogP contribution < -0.4 is 16.0 Å². The molecular weight excluding hydrogens is 275 g/mol. The number of carbonyl (C=O) groups is 1. The molecule has 0 bridgehead atoms. The van der Waals surface area contributed by atoms with Crippen molar-refractivity contribution in [1.82, 2.24) is 25.7 Å². The smallest absolute Gasteiger partial charge is 0.353 e. The van der Waals surface area contributed by atoms with Crippen LogP contribution in [0.2, 0.25) is 0 Å². The summed E-state index contributed by atoms with van der Waals surface area (Å²) < 4.78 is 38.2. The minimum Gasteiger partial charge on any atom is -0.353 e. The van der Waals surface area contributed by atoms with Crippen LogP contribution >= 0.6 is 0 Å². The normalized spacial score (nSPS) is 19.9. The number of carbonyl (C=O) groups excluding carboxylic acids is 1. The zero-order valence-electron chi connectivity index (χ0n) is 10.7. The summed E-state index contributed by atoms with van der Waals surface area (Å²) in [4.78, 5) is 11.7. The first-order chi connectivity index (χ1) is 9.47. The zero-order chi connectivity index (χ0) is 14.6. The molecule has 9 heteroatoms. The van der Waals surface area contributed by atoms with Crippen molar-refractivity contribution in [3.63, 3.8) is 0 Å². The molecule has 1 atom stereocenters. The van der Waals surface area contributed by atoms with Gasteiger partial charge in [-0.1, -0.05) is 0 Å². The Kier molecular flexibility index (Phi) is 4.61. The van der Waals surface area contributed by atoms with Crippen LogP contribution in [0, 0.1) is 0 Å². The lowest BCUT2D eigenvalue weighted by atomic mass is 10.2. The maximum Gasteiger partial charge on any atom is 0.435 e. The molecule has 1 unspecified atom stereocenters. The summed E-state index contributed by atoms with van der Waals surface area (Å²) in [5.41, 5.74) is -0.929. The van der Waals surface area contributed by atoms with E-state index in [0.717, 1.165) is 17.3 Å². The van der Waals surface area contributed by atoms with Gasteiger partial charge in [-0.25, -0.2) is 0 Å². The van der Waals surface area contributed by atoms with E-state index in [1.54, 1.807) is 0 Å². The SMILES string of the molecule is O=C(NCCn1ccc(C(F)(F)F)n1)C1CNCCN1. The first kappa shape index (κ1) is 14.8. The van der Waals surface area contributed by atoms with E-state index in [-0.39, 0.29) is 25.0 Å². The van der Waals surface area contributed by atoms with Crippen LogP contribution in [-0.4, -0.2) is 47.9 Å². The Morgan fingerprint density at radius 3 is 2.90 bits per heavy atom. The van der Waals surface area contributed by atoms with Crippen molar-refractivity contribution in [2.45, 2.75) is 18.8 Å². The van der Waals surface area contributed by atoms with E-state index in [9.17, 15) is 18.0 Å². The Morgan fingerprint density at radius 2 is 2.30 bits per heavy atom. The summed E-state index contributed by atoms with van der Waals surface area (Å²) in [5, 5.41) is 12.2. The van der Waals surface area contributed by atoms with Gasteiger partial charge in [-0.05, 0) is 6.07 Å². The summed E-state index contributed by atoms with van der Waals surface area (Å²) in [6.07, 6.45) is -3.19. The van der Waals surface area contributed by atoms with Gasteiger partial charge in [0, 0.05) is 32.4 Å². The molecule has 0 saturated carbocycles. The molecule has 0 spiro atoms. The van der Waals surface area contributed by atoms with Crippen LogP contribution in [0.4, 0.5) is 13.2 Å². The molecule has 1 aliphatic heterocycles. The van der Waals surface area contributed by atoms with Gasteiger partial charge < -0.3 is 16.0 Å². The first-order valence-corrected chi connectivity index (χ1v) is 6.29. The number of amides is 1. The van der Waals surface area contributed by atoms with Crippen LogP contribution in [0.5, 0.6) is 0 Å². The molecule has 2 heterocycles. The quantitative estimate of drug-likeness (QED) is 0.705. The maximum absolute atomic E-state index is 12.3. The molecule has 1 aromatic heterocycles. The minimum absolute atomic E-state index is 0.166. The summed E-state index contributed by atoms with van der Waals surface area (Å²) in [6.45, 7) is 2.51. The van der Waals surface area contributed by atoms with Gasteiger partial charge in [-0.3, -0.25) is 9.48 Å². The largest absolute Gasteiger partial charge is 0.435 e. The van der Waals surface area contributed by atoms with Gasteiger partial charge in [-0.15, -0.1) is 0 Å². The van der Waals surface area contributed by atoms with Crippen molar-refractivity contribution in [1.29, 1.82) is 0 Å². The number of rotatable bonds is 4. The Bertz CT molecular complexity index is 453. The van der Waals surface area contributed by atoms with Crippen LogP contribution in [0.3, 0.4) is 0 Å². The summed E-state index contributed by atoms with van der Waals surface area (Å²) in [7, 11) is 0. The lowest BCUT2D eigenvalue weighted by Gasteiger charge is -2.23. The predicted molar refractivity (Wildman–Crippen MR) is 64.9 cm³/mol. The number of alkyl halides is 3. The van der Waals surface area contributed by atoms with Gasteiger partial charge >= 0.3 is 6.18 Å². The molecule has 0 aromatic carbocycles. The number of piperazine rings is 1. The summed E-state index contributed by atoms with van der Waals surface area (Å²) >= 11 is 0. The molecule has 1 amide bonds. The highest BCUT2D eigenvalue weighted by Gasteiger charge is 2.33. The second-order valence-corrected chi connectivity index (χ2v) is 4.46. The minimum atomic E-state index is -4.44. The van der Waals surface area contributed by atoms with Crippen LogP contribution in [-0.2, 0) is 17.5 Å². The molecule has 0 radical (unpaired) electrons. The van der Waals surface area contributed by atoms with Crippen molar-refractivity contribution in [2.75, 3.05) is 26.2 Å². The molecule has 1 saturated heterocycles. The molecule has 1 aliphatic rings. The van der Waals surface area contributed by atoms with E-state index in [2.05, 4.69) is 21.0 Å². The average Bonchev–Trinajstić information content (AvgIpc) is 2.88. The van der Waals surface area contributed by atoms with Crippen LogP contribution in [0.1, 0.15) is 5.69 Å². The Balaban J connectivity index is 1.75. The lowest BCUT2D eigenvalue weighted by molar-refractivity contribution is -0.141. The highest BCUT2D eigenvalue weighted by Crippen LogP contribution is 2.27. The zero-order valence-corrected chi connectivity index (χ0v) is 10.7. The molecule has 2 rings (SSSR count). The Morgan fingerprint density at radius 1 is 1.50 bits per heavy atom. The number of hydrogen-bond acceptors (Lipinski definition) is 4. The molecule has 112 valence electrons. The summed E-state index contributed by atoms with van der Waals surface area (Å²) in [5.74, 6) is -0.166. The second-order valence-electron chi connectivity index (χ2n) is 4.46. The van der Waals surface area contributed by atoms with Crippen LogP contribution in [0.25, 0.3) is 0 Å². The van der Waals surface area contributed by atoms with Crippen molar-refractivity contribution in [3.8, 4) is 0 Å². The molecule has 0 aliphatic carbocycles. The van der Waals surface area contributed by atoms with Crippen molar-refractivity contribution in [2.24, 2.45) is 0 Å². The van der Waals surface area contributed by atoms with E-state index >= 15 is 0 Å². The molecular formula is C11H16F3N5O. The average molecular weight is 291 g/mol. The number of nitrogens with one attached hydrogen (secondary N) is 3. The monoisotopic (exact) mass is 291 g/mol. The lowest BCUT2D eigenvalue weighted by Crippen LogP contribution is -2.55. The van der Waals surface area contributed by atoms with Crippen molar-refractivity contribution >= 4 is 5.91 Å². The third kappa shape index (κ3) is 3.94. The fourth-order valence-corrected chi connectivity index (χ4v) is 1.89. The van der Waals surface area contributed by atoms with Gasteiger partial charge in [0.1, 0.15) is 0 Å². The van der Waals surface area contributed by atoms with Gasteiger partial charge in [0.15, 0.2) is 5.69 Å². The summed E-state index contributed by atoms with van der Waals surface area (Å²) in [6, 6.07) is 0.612. The highest BCUT2D eigenvalue weighted by atomic mass is 19.4. The van der Waals surface area contributed by atoms with Gasteiger partial charge in [0.25, 0.3) is 0 Å². The first-order valence-electron chi connectivity index (χ1n) is 6.29. The van der Waals surface area contributed by atoms with Gasteiger partial charge in [0.2, 0.25) is 5.91 Å². The topological polar surface area (TPSA) is 71.0 Å². The van der Waals surface area contributed by atoms with E-state index in [0.29, 0.717) is 13.1 Å². The van der Waals surface area contributed by atoms with Gasteiger partial charge in [-0.2, -0.15) is 18.3 Å². The predicted octanol–water partition coefficient (Wildman–Crippen LogP) is -0.421. The van der Waals surface area contributed by atoms with Crippen molar-refractivity contribution in [3.05, 3.63) is 18.0 Å². The number of hydrogen-bond donors (Lipinski definition) is 3. The maximum atomic E-state index is 12.3. The van der Waals surface area contributed by atoms with Crippen LogP contribution in [0.15, 0.2) is 12.3 Å². The second kappa shape index (κ2) is 6.23. The Labute approximate surface area is 113 Å². The van der Waals surface area contributed by atoms with E-state index in [1.165, 1.54) is 6.20 Å². The Hall–Kier alpha value is -1.61. The number of nitrogens with zero attached hydrogens (tertiary/aromatic N) is 2. The van der Waals surface area contributed by atoms with E-state index < -0.39 is 11.9 Å². The third-order valence-corrected chi connectivity index (χ3v) is 2.93. The highest BCUT2D eigenvalue weighted by molar-refractivity contribution is 5.82. The fourth-order valence-electron chi connectivity index (χ4n) is 1.89. The number of halogens is 3.